The Morgan fingerprint density at radius 3 is 2.67 bits per heavy atom. The molecule has 0 aromatic heterocycles. The lowest BCUT2D eigenvalue weighted by Gasteiger charge is -1.75. The molecule has 32 valence electrons. The highest BCUT2D eigenvalue weighted by Gasteiger charge is 1.82. The summed E-state index contributed by atoms with van der Waals surface area (Å²) in [5, 5.41) is 2.93. The van der Waals surface area contributed by atoms with Crippen molar-refractivity contribution in [3.05, 3.63) is 0 Å². The summed E-state index contributed by atoms with van der Waals surface area (Å²) in [6.45, 7) is 1.99. The lowest BCUT2D eigenvalue weighted by molar-refractivity contribution is 0.965. The zero-order valence-electron chi connectivity index (χ0n) is 3.44. The zero-order chi connectivity index (χ0) is 3.54. The molecule has 3 heteroatoms. The van der Waals surface area contributed by atoms with Crippen molar-refractivity contribution in [1.82, 2.24) is 5.32 Å². The van der Waals surface area contributed by atoms with Crippen molar-refractivity contribution in [3.63, 3.8) is 0 Å². The molecule has 0 atom stereocenters. The summed E-state index contributed by atoms with van der Waals surface area (Å²) in [5.74, 6) is 0. The molecule has 0 fully saturated rings. The fourth-order valence-corrected chi connectivity index (χ4v) is 0.323. The second-order valence-electron chi connectivity index (χ2n) is 0.989. The molecule has 0 bridgehead atoms. The van der Waals surface area contributed by atoms with Gasteiger partial charge in [0.15, 0.2) is 0 Å². The van der Waals surface area contributed by atoms with E-state index in [-0.39, 0.29) is 11.0 Å². The molecule has 1 aliphatic rings. The minimum atomic E-state index is 0. The summed E-state index contributed by atoms with van der Waals surface area (Å²) in [4.78, 5) is 3.85. The van der Waals surface area contributed by atoms with Gasteiger partial charge >= 0.3 is 0 Å². The lowest BCUT2D eigenvalue weighted by atomic mass is 10.7. The Labute approximate surface area is 41.7 Å². The van der Waals surface area contributed by atoms with Crippen LogP contribution in [0.15, 0.2) is 4.99 Å². The van der Waals surface area contributed by atoms with Gasteiger partial charge in [-0.1, -0.05) is 0 Å². The molecule has 1 N–H and O–H groups in total. The predicted molar refractivity (Wildman–Crippen MR) is 27.1 cm³/mol. The van der Waals surface area contributed by atoms with Crippen molar-refractivity contribution >= 4 is 17.3 Å². The van der Waals surface area contributed by atoms with E-state index in [0.29, 0.717) is 0 Å². The molecule has 6 heavy (non-hydrogen) atoms. The largest absolute Gasteiger partial charge is 0.375 e. The van der Waals surface area contributed by atoms with E-state index >= 15 is 0 Å². The number of hydrogen-bond donors (Lipinski definition) is 1. The second-order valence-corrected chi connectivity index (χ2v) is 0.989. The third-order valence-electron chi connectivity index (χ3n) is 0.568. The maximum absolute atomic E-state index is 3.85. The van der Waals surface area contributed by atoms with Crippen molar-refractivity contribution in [2.24, 2.45) is 4.99 Å². The Kier molecular flexibility index (Phi) is 2.75. The van der Waals surface area contributed by atoms with Crippen molar-refractivity contribution in [3.8, 4) is 0 Å². The van der Waals surface area contributed by atoms with Crippen LogP contribution in [0.4, 0.5) is 0 Å². The first-order valence-corrected chi connectivity index (χ1v) is 1.72. The van der Waals surface area contributed by atoms with Gasteiger partial charge in [-0.15, -0.1) is 0 Å². The molecule has 0 aromatic rings. The van der Waals surface area contributed by atoms with Gasteiger partial charge in [0.25, 0.3) is 0 Å². The van der Waals surface area contributed by atoms with Crippen LogP contribution in [0.5, 0.6) is 0 Å². The number of nitrogens with one attached hydrogen (secondary N) is 1. The van der Waals surface area contributed by atoms with Crippen LogP contribution in [-0.2, 0) is 0 Å². The monoisotopic (exact) mass is 98.0 g/mol. The molecule has 0 saturated heterocycles. The summed E-state index contributed by atoms with van der Waals surface area (Å²) in [6.07, 6.45) is 1.74. The molecule has 0 spiro atoms. The topological polar surface area (TPSA) is 24.4 Å². The Morgan fingerprint density at radius 1 is 1.67 bits per heavy atom. The maximum Gasteiger partial charge on any atom is 0.0825 e. The summed E-state index contributed by atoms with van der Waals surface area (Å²) >= 11 is 0. The maximum atomic E-state index is 3.85. The fourth-order valence-electron chi connectivity index (χ4n) is 0.323. The average molecular weight is 98.2 g/mol. The number of nitrogens with zero attached hydrogens (tertiary/aromatic N) is 1. The van der Waals surface area contributed by atoms with Gasteiger partial charge in [0.05, 0.1) is 12.9 Å². The molecule has 0 saturated carbocycles. The molecule has 0 unspecified atom stereocenters. The van der Waals surface area contributed by atoms with Crippen molar-refractivity contribution in [1.29, 1.82) is 0 Å². The summed E-state index contributed by atoms with van der Waals surface area (Å²) in [5.41, 5.74) is 0. The highest BCUT2D eigenvalue weighted by atomic mass is 28.1. The molecular formula is C3H6N2Si. The molecule has 1 aliphatic heterocycles. The van der Waals surface area contributed by atoms with Crippen molar-refractivity contribution in [2.75, 3.05) is 13.1 Å². The van der Waals surface area contributed by atoms with E-state index in [1.54, 1.807) is 6.34 Å². The molecule has 1 heterocycles. The molecule has 1 rings (SSSR count). The minimum Gasteiger partial charge on any atom is -0.375 e. The van der Waals surface area contributed by atoms with E-state index in [0.717, 1.165) is 13.1 Å². The molecular weight excluding hydrogens is 92.1 g/mol. The smallest absolute Gasteiger partial charge is 0.0825 e. The summed E-state index contributed by atoms with van der Waals surface area (Å²) in [7, 11) is 0. The van der Waals surface area contributed by atoms with E-state index in [4.69, 9.17) is 0 Å². The lowest BCUT2D eigenvalue weighted by Crippen LogP contribution is -2.04. The van der Waals surface area contributed by atoms with Gasteiger partial charge < -0.3 is 5.32 Å². The van der Waals surface area contributed by atoms with E-state index < -0.39 is 0 Å². The molecule has 0 amide bonds. The first kappa shape index (κ1) is 5.69. The zero-order valence-corrected chi connectivity index (χ0v) is 4.44. The second kappa shape index (κ2) is 2.90. The van der Waals surface area contributed by atoms with Crippen LogP contribution in [0.25, 0.3) is 0 Å². The summed E-state index contributed by atoms with van der Waals surface area (Å²) in [6, 6.07) is 0. The average Bonchev–Trinajstić information content (AvgIpc) is 1.76. The van der Waals surface area contributed by atoms with E-state index in [2.05, 4.69) is 10.3 Å². The van der Waals surface area contributed by atoms with Crippen LogP contribution in [0.2, 0.25) is 0 Å². The van der Waals surface area contributed by atoms with Crippen LogP contribution in [0.1, 0.15) is 0 Å². The highest BCUT2D eigenvalue weighted by Crippen LogP contribution is 1.68. The third kappa shape index (κ3) is 1.21. The normalized spacial score (nSPS) is 16.0. The van der Waals surface area contributed by atoms with Gasteiger partial charge in [0.1, 0.15) is 0 Å². The van der Waals surface area contributed by atoms with Crippen LogP contribution >= 0.6 is 0 Å². The van der Waals surface area contributed by atoms with Gasteiger partial charge in [-0.2, -0.15) is 0 Å². The van der Waals surface area contributed by atoms with E-state index in [1.165, 1.54) is 0 Å². The number of rotatable bonds is 0. The summed E-state index contributed by atoms with van der Waals surface area (Å²) < 4.78 is 0. The number of aliphatic imine (C=N–C) groups is 1. The Morgan fingerprint density at radius 2 is 2.50 bits per heavy atom. The SMILES string of the molecule is C1=NCCN1.[Si]. The third-order valence-corrected chi connectivity index (χ3v) is 0.568. The predicted octanol–water partition coefficient (Wildman–Crippen LogP) is -0.763. The van der Waals surface area contributed by atoms with Crippen LogP contribution in [-0.4, -0.2) is 30.4 Å². The molecule has 0 aliphatic carbocycles. The minimum absolute atomic E-state index is 0. The molecule has 4 radical (unpaired) electrons. The standard InChI is InChI=1S/C3H6N2.Si/c1-2-5-3-4-1;/h3H,1-2H2,(H,4,5);. The van der Waals surface area contributed by atoms with Crippen LogP contribution in [0.3, 0.4) is 0 Å². The van der Waals surface area contributed by atoms with E-state index in [9.17, 15) is 0 Å². The van der Waals surface area contributed by atoms with Crippen molar-refractivity contribution in [2.45, 2.75) is 0 Å². The molecule has 2 nitrogen and oxygen atoms in total. The first-order valence-electron chi connectivity index (χ1n) is 1.72. The van der Waals surface area contributed by atoms with Gasteiger partial charge in [-0.05, 0) is 0 Å². The van der Waals surface area contributed by atoms with Gasteiger partial charge in [-0.25, -0.2) is 0 Å². The highest BCUT2D eigenvalue weighted by molar-refractivity contribution is 5.75. The first-order chi connectivity index (χ1) is 2.50. The van der Waals surface area contributed by atoms with Crippen LogP contribution in [0, 0.1) is 0 Å². The molecule has 0 aromatic carbocycles. The Balaban J connectivity index is 0.000000250. The van der Waals surface area contributed by atoms with Crippen LogP contribution < -0.4 is 5.32 Å². The quantitative estimate of drug-likeness (QED) is 0.396. The number of hydrogen-bond acceptors (Lipinski definition) is 2. The van der Waals surface area contributed by atoms with Gasteiger partial charge in [-0.3, -0.25) is 4.99 Å². The Hall–Kier alpha value is -0.313. The van der Waals surface area contributed by atoms with Gasteiger partial charge in [0, 0.05) is 17.5 Å². The van der Waals surface area contributed by atoms with Gasteiger partial charge in [0.2, 0.25) is 0 Å². The van der Waals surface area contributed by atoms with E-state index in [1.807, 2.05) is 0 Å². The fraction of sp³-hybridized carbons (Fsp3) is 0.667. The Bertz CT molecular complexity index is 46.8. The van der Waals surface area contributed by atoms with Crippen molar-refractivity contribution < 1.29 is 0 Å².